The van der Waals surface area contributed by atoms with Crippen LogP contribution in [0.1, 0.15) is 37.7 Å². The molecule has 5 rings (SSSR count). The van der Waals surface area contributed by atoms with Gasteiger partial charge in [0.15, 0.2) is 0 Å². The van der Waals surface area contributed by atoms with Gasteiger partial charge in [-0.1, -0.05) is 12.1 Å². The molecule has 0 unspecified atom stereocenters. The van der Waals surface area contributed by atoms with Crippen LogP contribution < -0.4 is 4.74 Å². The number of alkyl halides is 3. The second-order valence-electron chi connectivity index (χ2n) is 10.0. The largest absolute Gasteiger partial charge is 0.573 e. The first kappa shape index (κ1) is 24.5. The van der Waals surface area contributed by atoms with Crippen molar-refractivity contribution >= 4 is 17.9 Å². The lowest BCUT2D eigenvalue weighted by atomic mass is 9.87. The summed E-state index contributed by atoms with van der Waals surface area (Å²) in [7, 11) is 0. The number of benzene rings is 1. The Labute approximate surface area is 207 Å². The van der Waals surface area contributed by atoms with Gasteiger partial charge in [-0.25, -0.2) is 0 Å². The molecule has 2 fully saturated rings. The van der Waals surface area contributed by atoms with Crippen molar-refractivity contribution in [3.63, 3.8) is 0 Å². The topological polar surface area (TPSA) is 74.6 Å². The number of rotatable bonds is 4. The first-order valence-electron chi connectivity index (χ1n) is 12.4. The van der Waals surface area contributed by atoms with Crippen LogP contribution in [-0.4, -0.2) is 60.7 Å². The van der Waals surface area contributed by atoms with Crippen LogP contribution in [0.2, 0.25) is 0 Å². The summed E-state index contributed by atoms with van der Waals surface area (Å²) < 4.78 is 40.8. The summed E-state index contributed by atoms with van der Waals surface area (Å²) in [6.07, 6.45) is 2.52. The highest BCUT2D eigenvalue weighted by Gasteiger charge is 2.40. The van der Waals surface area contributed by atoms with Gasteiger partial charge in [0.2, 0.25) is 11.8 Å². The van der Waals surface area contributed by atoms with E-state index in [-0.39, 0.29) is 23.5 Å². The van der Waals surface area contributed by atoms with Crippen LogP contribution in [0.25, 0.3) is 6.08 Å². The summed E-state index contributed by atoms with van der Waals surface area (Å²) in [5, 5.41) is 8.32. The number of azo groups is 1. The minimum absolute atomic E-state index is 0.000412. The lowest BCUT2D eigenvalue weighted by molar-refractivity contribution is -0.274. The SMILES string of the molecule is O=C(/C=C/c1ccc(OC(F)(F)F)cc1)N1CC[C@@H]2CN(C(=O)[C@H]3CCC4=C(C3)N=NC4)C[C@@H]2CC1. The number of amides is 2. The molecule has 0 spiro atoms. The van der Waals surface area contributed by atoms with Crippen molar-refractivity contribution in [1.29, 1.82) is 0 Å². The third-order valence-corrected chi connectivity index (χ3v) is 7.72. The van der Waals surface area contributed by atoms with Gasteiger partial charge < -0.3 is 14.5 Å². The van der Waals surface area contributed by atoms with Gasteiger partial charge in [-0.3, -0.25) is 9.59 Å². The fourth-order valence-electron chi connectivity index (χ4n) is 5.73. The van der Waals surface area contributed by atoms with Crippen molar-refractivity contribution in [1.82, 2.24) is 9.80 Å². The number of carbonyl (C=O) groups is 2. The van der Waals surface area contributed by atoms with Crippen LogP contribution >= 0.6 is 0 Å². The Morgan fingerprint density at radius 3 is 2.36 bits per heavy atom. The second kappa shape index (κ2) is 10.1. The Bertz CT molecular complexity index is 1080. The number of hydrogen-bond donors (Lipinski definition) is 0. The van der Waals surface area contributed by atoms with E-state index in [2.05, 4.69) is 15.0 Å². The number of fused-ring (bicyclic) bond motifs is 1. The molecule has 10 heteroatoms. The number of hydrogen-bond acceptors (Lipinski definition) is 5. The molecule has 1 aliphatic carbocycles. The minimum atomic E-state index is -4.73. The second-order valence-corrected chi connectivity index (χ2v) is 10.0. The molecular formula is C26H29F3N4O3. The Hall–Kier alpha value is -3.17. The molecule has 0 N–H and O–H groups in total. The molecule has 2 amide bonds. The number of halogens is 3. The van der Waals surface area contributed by atoms with Gasteiger partial charge in [-0.05, 0) is 66.9 Å². The quantitative estimate of drug-likeness (QED) is 0.555. The van der Waals surface area contributed by atoms with Gasteiger partial charge >= 0.3 is 6.36 Å². The molecule has 0 saturated carbocycles. The molecule has 2 saturated heterocycles. The minimum Gasteiger partial charge on any atom is -0.406 e. The summed E-state index contributed by atoms with van der Waals surface area (Å²) in [5.74, 6) is 0.602. The van der Waals surface area contributed by atoms with Gasteiger partial charge in [-0.15, -0.1) is 13.2 Å². The normalized spacial score (nSPS) is 26.2. The standard InChI is InChI=1S/C26H29F3N4O3/c27-26(28,29)36-22-6-1-17(2-7-22)3-8-24(34)32-11-9-20-15-33(16-21(20)10-12-32)25(35)18-4-5-19-14-30-31-23(19)13-18/h1-3,6-8,18,20-21H,4-5,9-16H2/b8-3+/t18-,20-,21+/m0/s1. The summed E-state index contributed by atoms with van der Waals surface area (Å²) in [6.45, 7) is 3.45. The molecule has 3 aliphatic heterocycles. The first-order valence-corrected chi connectivity index (χ1v) is 12.4. The molecule has 0 radical (unpaired) electrons. The maximum absolute atomic E-state index is 13.2. The van der Waals surface area contributed by atoms with E-state index in [9.17, 15) is 22.8 Å². The Morgan fingerprint density at radius 2 is 1.69 bits per heavy atom. The van der Waals surface area contributed by atoms with Gasteiger partial charge in [-0.2, -0.15) is 10.2 Å². The van der Waals surface area contributed by atoms with Crippen molar-refractivity contribution in [2.75, 3.05) is 32.7 Å². The van der Waals surface area contributed by atoms with Crippen molar-refractivity contribution in [2.45, 2.75) is 38.5 Å². The van der Waals surface area contributed by atoms with Crippen LogP contribution in [0.4, 0.5) is 13.2 Å². The van der Waals surface area contributed by atoms with Gasteiger partial charge in [0, 0.05) is 44.6 Å². The van der Waals surface area contributed by atoms with Crippen molar-refractivity contribution in [3.05, 3.63) is 47.2 Å². The maximum atomic E-state index is 13.2. The van der Waals surface area contributed by atoms with Gasteiger partial charge in [0.1, 0.15) is 5.75 Å². The summed E-state index contributed by atoms with van der Waals surface area (Å²) in [6, 6.07) is 5.39. The van der Waals surface area contributed by atoms with E-state index in [0.29, 0.717) is 43.5 Å². The van der Waals surface area contributed by atoms with Crippen LogP contribution in [0.5, 0.6) is 5.75 Å². The fraction of sp³-hybridized carbons (Fsp3) is 0.538. The van der Waals surface area contributed by atoms with E-state index < -0.39 is 6.36 Å². The fourth-order valence-corrected chi connectivity index (χ4v) is 5.73. The molecule has 36 heavy (non-hydrogen) atoms. The van der Waals surface area contributed by atoms with Gasteiger partial charge in [0.25, 0.3) is 0 Å². The Balaban J connectivity index is 1.11. The highest BCUT2D eigenvalue weighted by Crippen LogP contribution is 2.37. The predicted octanol–water partition coefficient (Wildman–Crippen LogP) is 4.82. The first-order chi connectivity index (χ1) is 17.2. The lowest BCUT2D eigenvalue weighted by Gasteiger charge is -2.27. The van der Waals surface area contributed by atoms with E-state index in [1.165, 1.54) is 35.9 Å². The predicted molar refractivity (Wildman–Crippen MR) is 126 cm³/mol. The average molecular weight is 503 g/mol. The monoisotopic (exact) mass is 502 g/mol. The van der Waals surface area contributed by atoms with Crippen molar-refractivity contribution in [3.8, 4) is 5.75 Å². The Morgan fingerprint density at radius 1 is 1.00 bits per heavy atom. The van der Waals surface area contributed by atoms with Crippen LogP contribution in [-0.2, 0) is 9.59 Å². The number of carbonyl (C=O) groups excluding carboxylic acids is 2. The molecular weight excluding hydrogens is 473 g/mol. The zero-order valence-corrected chi connectivity index (χ0v) is 19.9. The van der Waals surface area contributed by atoms with E-state index in [4.69, 9.17) is 0 Å². The highest BCUT2D eigenvalue weighted by molar-refractivity contribution is 5.91. The Kier molecular flexibility index (Phi) is 6.85. The molecule has 0 aromatic heterocycles. The lowest BCUT2D eigenvalue weighted by Crippen LogP contribution is -2.37. The van der Waals surface area contributed by atoms with Crippen molar-refractivity contribution < 1.29 is 27.5 Å². The van der Waals surface area contributed by atoms with E-state index in [0.717, 1.165) is 44.5 Å². The smallest absolute Gasteiger partial charge is 0.406 e. The maximum Gasteiger partial charge on any atom is 0.573 e. The average Bonchev–Trinajstić information content (AvgIpc) is 3.44. The third-order valence-electron chi connectivity index (χ3n) is 7.72. The number of allylic oxidation sites excluding steroid dienone is 1. The summed E-state index contributed by atoms with van der Waals surface area (Å²) in [4.78, 5) is 29.8. The molecule has 3 heterocycles. The number of likely N-dealkylation sites (tertiary alicyclic amines) is 2. The van der Waals surface area contributed by atoms with E-state index in [1.54, 1.807) is 6.08 Å². The zero-order chi connectivity index (χ0) is 25.3. The number of nitrogens with zero attached hydrogens (tertiary/aromatic N) is 4. The third kappa shape index (κ3) is 5.63. The molecule has 7 nitrogen and oxygen atoms in total. The van der Waals surface area contributed by atoms with E-state index >= 15 is 0 Å². The van der Waals surface area contributed by atoms with Crippen LogP contribution in [0.3, 0.4) is 0 Å². The highest BCUT2D eigenvalue weighted by atomic mass is 19.4. The summed E-state index contributed by atoms with van der Waals surface area (Å²) in [5.41, 5.74) is 2.92. The van der Waals surface area contributed by atoms with Crippen molar-refractivity contribution in [2.24, 2.45) is 28.0 Å². The summed E-state index contributed by atoms with van der Waals surface area (Å²) >= 11 is 0. The van der Waals surface area contributed by atoms with Crippen LogP contribution in [0.15, 0.2) is 51.8 Å². The number of ether oxygens (including phenoxy) is 1. The molecule has 4 aliphatic rings. The molecule has 1 aromatic rings. The molecule has 1 aromatic carbocycles. The van der Waals surface area contributed by atoms with Gasteiger partial charge in [0.05, 0.1) is 12.2 Å². The van der Waals surface area contributed by atoms with Crippen LogP contribution in [0, 0.1) is 17.8 Å². The molecule has 0 bridgehead atoms. The molecule has 3 atom stereocenters. The molecule has 192 valence electrons. The van der Waals surface area contributed by atoms with E-state index in [1.807, 2.05) is 9.80 Å². The zero-order valence-electron chi connectivity index (χ0n) is 19.9.